The molecule has 1 aromatic heterocycles. The Labute approximate surface area is 169 Å². The fraction of sp³-hybridized carbons (Fsp3) is 0.190. The van der Waals surface area contributed by atoms with E-state index < -0.39 is 23.4 Å². The molecule has 3 rings (SSSR count). The molecule has 0 aliphatic rings. The van der Waals surface area contributed by atoms with Crippen LogP contribution in [-0.2, 0) is 17.8 Å². The molecule has 0 atom stereocenters. The Kier molecular flexibility index (Phi) is 6.49. The van der Waals surface area contributed by atoms with E-state index in [-0.39, 0.29) is 31.0 Å². The maximum Gasteiger partial charge on any atom is 0.374 e. The minimum absolute atomic E-state index is 0.0728. The van der Waals surface area contributed by atoms with Crippen LogP contribution in [0.4, 0.5) is 13.2 Å². The van der Waals surface area contributed by atoms with Gasteiger partial charge in [0.25, 0.3) is 0 Å². The molecule has 0 radical (unpaired) electrons. The maximum absolute atomic E-state index is 13.4. The maximum atomic E-state index is 13.4. The molecular formula is C21H16ClF3O4. The molecule has 1 heterocycles. The van der Waals surface area contributed by atoms with E-state index in [0.717, 1.165) is 12.1 Å². The fourth-order valence-electron chi connectivity index (χ4n) is 2.65. The van der Waals surface area contributed by atoms with Crippen molar-refractivity contribution in [2.24, 2.45) is 0 Å². The molecule has 4 nitrogen and oxygen atoms in total. The number of hydrogen-bond acceptors (Lipinski definition) is 4. The second-order valence-electron chi connectivity index (χ2n) is 6.08. The first-order valence-corrected chi connectivity index (χ1v) is 9.05. The molecule has 8 heteroatoms. The van der Waals surface area contributed by atoms with Crippen molar-refractivity contribution in [1.82, 2.24) is 0 Å². The normalized spacial score (nSPS) is 10.8. The van der Waals surface area contributed by atoms with Gasteiger partial charge < -0.3 is 13.9 Å². The molecule has 0 bridgehead atoms. The van der Waals surface area contributed by atoms with E-state index in [0.29, 0.717) is 22.1 Å². The van der Waals surface area contributed by atoms with Gasteiger partial charge in [0.15, 0.2) is 17.5 Å². The van der Waals surface area contributed by atoms with Crippen LogP contribution in [0.15, 0.2) is 46.9 Å². The smallest absolute Gasteiger partial charge is 0.374 e. The Balaban J connectivity index is 1.77. The average molecular weight is 425 g/mol. The van der Waals surface area contributed by atoms with Gasteiger partial charge in [-0.1, -0.05) is 11.6 Å². The molecule has 0 N–H and O–H groups in total. The first-order valence-electron chi connectivity index (χ1n) is 8.68. The highest BCUT2D eigenvalue weighted by atomic mass is 35.5. The number of hydrogen-bond donors (Lipinski definition) is 0. The Morgan fingerprint density at radius 2 is 1.79 bits per heavy atom. The summed E-state index contributed by atoms with van der Waals surface area (Å²) in [5.74, 6) is -3.74. The predicted molar refractivity (Wildman–Crippen MR) is 99.6 cm³/mol. The second-order valence-corrected chi connectivity index (χ2v) is 6.51. The third-order valence-corrected chi connectivity index (χ3v) is 4.20. The van der Waals surface area contributed by atoms with Crippen molar-refractivity contribution < 1.29 is 31.9 Å². The van der Waals surface area contributed by atoms with Crippen LogP contribution < -0.4 is 4.74 Å². The molecule has 3 aromatic rings. The minimum Gasteiger partial charge on any atom is -0.489 e. The molecule has 0 saturated carbocycles. The van der Waals surface area contributed by atoms with Crippen LogP contribution in [-0.4, -0.2) is 12.6 Å². The van der Waals surface area contributed by atoms with Gasteiger partial charge in [0, 0.05) is 17.0 Å². The monoisotopic (exact) mass is 424 g/mol. The van der Waals surface area contributed by atoms with Crippen molar-refractivity contribution in [3.05, 3.63) is 87.6 Å². The Morgan fingerprint density at radius 1 is 1.07 bits per heavy atom. The standard InChI is InChI=1S/C21H16ClF3O4/c1-2-27-21(26)19-6-4-15(29-19)10-13-9-14(22)3-5-18(13)28-11-12-7-16(23)20(25)17(24)8-12/h3-9H,2,10-11H2,1H3. The van der Waals surface area contributed by atoms with Gasteiger partial charge in [-0.05, 0) is 55.0 Å². The van der Waals surface area contributed by atoms with Crippen molar-refractivity contribution in [3.63, 3.8) is 0 Å². The van der Waals surface area contributed by atoms with Gasteiger partial charge in [0.05, 0.1) is 6.61 Å². The first kappa shape index (κ1) is 20.8. The number of carbonyl (C=O) groups is 1. The Hall–Kier alpha value is -2.93. The molecule has 0 unspecified atom stereocenters. The molecule has 0 fully saturated rings. The highest BCUT2D eigenvalue weighted by Gasteiger charge is 2.15. The van der Waals surface area contributed by atoms with Gasteiger partial charge in [-0.2, -0.15) is 0 Å². The van der Waals surface area contributed by atoms with Gasteiger partial charge >= 0.3 is 5.97 Å². The van der Waals surface area contributed by atoms with Crippen LogP contribution in [0.3, 0.4) is 0 Å². The van der Waals surface area contributed by atoms with Crippen molar-refractivity contribution >= 4 is 17.6 Å². The largest absolute Gasteiger partial charge is 0.489 e. The fourth-order valence-corrected chi connectivity index (χ4v) is 2.85. The average Bonchev–Trinajstić information content (AvgIpc) is 3.14. The minimum atomic E-state index is -1.53. The summed E-state index contributed by atoms with van der Waals surface area (Å²) < 4.78 is 55.8. The predicted octanol–water partition coefficient (Wildman–Crippen LogP) is 5.70. The quantitative estimate of drug-likeness (QED) is 0.361. The molecule has 0 spiro atoms. The summed E-state index contributed by atoms with van der Waals surface area (Å²) in [5, 5.41) is 0.448. The summed E-state index contributed by atoms with van der Waals surface area (Å²) in [5.41, 5.74) is 0.759. The summed E-state index contributed by atoms with van der Waals surface area (Å²) >= 11 is 6.05. The highest BCUT2D eigenvalue weighted by molar-refractivity contribution is 6.30. The van der Waals surface area contributed by atoms with E-state index in [2.05, 4.69) is 0 Å². The summed E-state index contributed by atoms with van der Waals surface area (Å²) in [7, 11) is 0. The summed E-state index contributed by atoms with van der Waals surface area (Å²) in [4.78, 5) is 11.7. The van der Waals surface area contributed by atoms with Crippen molar-refractivity contribution in [3.8, 4) is 5.75 Å². The van der Waals surface area contributed by atoms with E-state index in [9.17, 15) is 18.0 Å². The van der Waals surface area contributed by atoms with E-state index in [1.165, 1.54) is 6.07 Å². The van der Waals surface area contributed by atoms with Gasteiger partial charge in [0.2, 0.25) is 5.76 Å². The molecule has 152 valence electrons. The van der Waals surface area contributed by atoms with E-state index in [4.69, 9.17) is 25.5 Å². The third-order valence-electron chi connectivity index (χ3n) is 3.96. The zero-order chi connectivity index (χ0) is 21.0. The second kappa shape index (κ2) is 9.05. The van der Waals surface area contributed by atoms with Crippen LogP contribution in [0.2, 0.25) is 5.02 Å². The topological polar surface area (TPSA) is 48.7 Å². The molecule has 0 aliphatic carbocycles. The van der Waals surface area contributed by atoms with Crippen LogP contribution in [0.5, 0.6) is 5.75 Å². The Bertz CT molecular complexity index is 1010. The number of esters is 1. The molecule has 0 amide bonds. The number of rotatable bonds is 7. The number of benzene rings is 2. The summed E-state index contributed by atoms with van der Waals surface area (Å²) in [6, 6.07) is 9.71. The van der Waals surface area contributed by atoms with Crippen LogP contribution in [0.25, 0.3) is 0 Å². The molecule has 2 aromatic carbocycles. The van der Waals surface area contributed by atoms with Gasteiger partial charge in [-0.25, -0.2) is 18.0 Å². The third kappa shape index (κ3) is 5.12. The van der Waals surface area contributed by atoms with Crippen molar-refractivity contribution in [2.45, 2.75) is 20.0 Å². The van der Waals surface area contributed by atoms with Crippen LogP contribution >= 0.6 is 11.6 Å². The molecule has 29 heavy (non-hydrogen) atoms. The number of carbonyl (C=O) groups excluding carboxylic acids is 1. The van der Waals surface area contributed by atoms with Gasteiger partial charge in [-0.15, -0.1) is 0 Å². The molecular weight excluding hydrogens is 409 g/mol. The number of ether oxygens (including phenoxy) is 2. The van der Waals surface area contributed by atoms with Crippen molar-refractivity contribution in [1.29, 1.82) is 0 Å². The molecule has 0 aliphatic heterocycles. The Morgan fingerprint density at radius 3 is 2.48 bits per heavy atom. The van der Waals surface area contributed by atoms with Crippen LogP contribution in [0.1, 0.15) is 34.4 Å². The lowest BCUT2D eigenvalue weighted by atomic mass is 10.1. The lowest BCUT2D eigenvalue weighted by Gasteiger charge is -2.12. The highest BCUT2D eigenvalue weighted by Crippen LogP contribution is 2.27. The lowest BCUT2D eigenvalue weighted by Crippen LogP contribution is -2.03. The number of furan rings is 1. The van der Waals surface area contributed by atoms with Gasteiger partial charge in [0.1, 0.15) is 18.1 Å². The van der Waals surface area contributed by atoms with Crippen molar-refractivity contribution in [2.75, 3.05) is 6.61 Å². The van der Waals surface area contributed by atoms with Crippen LogP contribution in [0, 0.1) is 17.5 Å². The number of halogens is 4. The van der Waals surface area contributed by atoms with Gasteiger partial charge in [-0.3, -0.25) is 0 Å². The first-order chi connectivity index (χ1) is 13.9. The van der Waals surface area contributed by atoms with E-state index in [1.807, 2.05) is 0 Å². The summed E-state index contributed by atoms with van der Waals surface area (Å²) in [6.07, 6.45) is 0.251. The lowest BCUT2D eigenvalue weighted by molar-refractivity contribution is 0.0488. The molecule has 0 saturated heterocycles. The van der Waals surface area contributed by atoms with E-state index in [1.54, 1.807) is 31.2 Å². The zero-order valence-corrected chi connectivity index (χ0v) is 16.1. The zero-order valence-electron chi connectivity index (χ0n) is 15.3. The SMILES string of the molecule is CCOC(=O)c1ccc(Cc2cc(Cl)ccc2OCc2cc(F)c(F)c(F)c2)o1. The summed E-state index contributed by atoms with van der Waals surface area (Å²) in [6.45, 7) is 1.73. The van der Waals surface area contributed by atoms with E-state index >= 15 is 0 Å².